The fourth-order valence-corrected chi connectivity index (χ4v) is 4.40. The molecule has 0 spiro atoms. The number of benzene rings is 2. The zero-order chi connectivity index (χ0) is 23.5. The summed E-state index contributed by atoms with van der Waals surface area (Å²) in [5, 5.41) is 4.30. The second-order valence-electron chi connectivity index (χ2n) is 8.33. The zero-order valence-electron chi connectivity index (χ0n) is 18.3. The molecule has 5 nitrogen and oxygen atoms in total. The lowest BCUT2D eigenvalue weighted by atomic mass is 9.75. The van der Waals surface area contributed by atoms with Crippen molar-refractivity contribution < 1.29 is 22.8 Å². The van der Waals surface area contributed by atoms with Crippen LogP contribution in [0.3, 0.4) is 0 Å². The van der Waals surface area contributed by atoms with E-state index >= 15 is 0 Å². The van der Waals surface area contributed by atoms with E-state index < -0.39 is 36.2 Å². The van der Waals surface area contributed by atoms with Crippen LogP contribution in [0, 0.1) is 17.6 Å². The topological polar surface area (TPSA) is 61.4 Å². The minimum Gasteiger partial charge on any atom is -0.344 e. The molecule has 2 N–H and O–H groups in total. The third-order valence-electron chi connectivity index (χ3n) is 6.24. The van der Waals surface area contributed by atoms with Gasteiger partial charge in [0.15, 0.2) is 0 Å². The lowest BCUT2D eigenvalue weighted by Crippen LogP contribution is -2.45. The number of allylic oxidation sites excluding steroid dienone is 1. The molecule has 1 unspecified atom stereocenters. The minimum absolute atomic E-state index is 0.00929. The molecule has 1 aliphatic carbocycles. The summed E-state index contributed by atoms with van der Waals surface area (Å²) in [6.07, 6.45) is 1.71. The van der Waals surface area contributed by atoms with Crippen molar-refractivity contribution in [3.05, 3.63) is 76.5 Å². The highest BCUT2D eigenvalue weighted by Crippen LogP contribution is 2.37. The van der Waals surface area contributed by atoms with Crippen LogP contribution in [-0.4, -0.2) is 29.9 Å². The Balaban J connectivity index is 1.75. The summed E-state index contributed by atoms with van der Waals surface area (Å²) in [4.78, 5) is 25.8. The number of carbonyl (C=O) groups excluding carboxylic acids is 2. The van der Waals surface area contributed by atoms with Crippen LogP contribution in [-0.2, 0) is 16.1 Å². The first-order valence-corrected chi connectivity index (χ1v) is 11.1. The number of nitrogens with zero attached hydrogens (tertiary/aromatic N) is 1. The van der Waals surface area contributed by atoms with Crippen LogP contribution in [0.15, 0.2) is 48.2 Å². The molecule has 2 aromatic carbocycles. The predicted octanol–water partition coefficient (Wildman–Crippen LogP) is 4.21. The van der Waals surface area contributed by atoms with E-state index in [1.165, 1.54) is 35.3 Å². The molecule has 1 saturated carbocycles. The summed E-state index contributed by atoms with van der Waals surface area (Å²) < 4.78 is 42.8. The van der Waals surface area contributed by atoms with Crippen LogP contribution in [0.1, 0.15) is 48.9 Å². The van der Waals surface area contributed by atoms with Gasteiger partial charge in [-0.05, 0) is 42.2 Å². The molecule has 1 aliphatic heterocycles. The van der Waals surface area contributed by atoms with Crippen LogP contribution in [0.5, 0.6) is 0 Å². The lowest BCUT2D eigenvalue weighted by molar-refractivity contribution is -0.131. The van der Waals surface area contributed by atoms with Crippen molar-refractivity contribution in [2.45, 2.75) is 38.8 Å². The number of carbonyl (C=O) groups is 2. The summed E-state index contributed by atoms with van der Waals surface area (Å²) in [5.74, 6) is -2.12. The molecule has 2 aliphatic rings. The molecule has 174 valence electrons. The van der Waals surface area contributed by atoms with Gasteiger partial charge in [0, 0.05) is 24.4 Å². The van der Waals surface area contributed by atoms with Gasteiger partial charge in [-0.1, -0.05) is 31.2 Å². The Kier molecular flexibility index (Phi) is 6.83. The van der Waals surface area contributed by atoms with E-state index in [0.29, 0.717) is 30.5 Å². The Labute approximate surface area is 190 Å². The number of Topliss-reactive ketones (excluding diaryl/α,β-unsaturated/α-hetero) is 1. The maximum absolute atomic E-state index is 14.7. The average Bonchev–Trinajstić information content (AvgIpc) is 2.80. The molecule has 1 amide bonds. The highest BCUT2D eigenvalue weighted by molar-refractivity contribution is 6.21. The second kappa shape index (κ2) is 9.79. The molecular formula is C25H26F3N3O2. The van der Waals surface area contributed by atoms with Gasteiger partial charge in [-0.3, -0.25) is 9.59 Å². The van der Waals surface area contributed by atoms with E-state index in [1.807, 2.05) is 6.92 Å². The van der Waals surface area contributed by atoms with Crippen molar-refractivity contribution in [3.63, 3.8) is 0 Å². The number of amides is 1. The van der Waals surface area contributed by atoms with Gasteiger partial charge in [0.25, 0.3) is 5.91 Å². The molecule has 8 heteroatoms. The van der Waals surface area contributed by atoms with E-state index in [9.17, 15) is 22.8 Å². The maximum Gasteiger partial charge on any atom is 0.254 e. The van der Waals surface area contributed by atoms with Gasteiger partial charge in [0.1, 0.15) is 24.1 Å². The molecule has 0 saturated heterocycles. The third kappa shape index (κ3) is 4.53. The number of nitrogens with one attached hydrogen (secondary N) is 2. The Morgan fingerprint density at radius 2 is 2.00 bits per heavy atom. The SMILES string of the molecule is CCCNN1Cc2c(F)cccc2C(C(=O)N[C@H](c2cccc(F)c2)C2CCC2=O)=C1CF. The third-order valence-corrected chi connectivity index (χ3v) is 6.24. The van der Waals surface area contributed by atoms with Gasteiger partial charge < -0.3 is 10.3 Å². The normalized spacial score (nSPS) is 18.6. The van der Waals surface area contributed by atoms with Crippen LogP contribution < -0.4 is 10.7 Å². The summed E-state index contributed by atoms with van der Waals surface area (Å²) in [5.41, 5.74) is 4.21. The first-order chi connectivity index (χ1) is 15.9. The molecule has 0 bridgehead atoms. The van der Waals surface area contributed by atoms with Crippen LogP contribution in [0.4, 0.5) is 13.2 Å². The molecule has 1 heterocycles. The molecule has 1 fully saturated rings. The maximum atomic E-state index is 14.7. The fourth-order valence-electron chi connectivity index (χ4n) is 4.40. The monoisotopic (exact) mass is 457 g/mol. The molecule has 4 rings (SSSR count). The van der Waals surface area contributed by atoms with Gasteiger partial charge in [0.2, 0.25) is 0 Å². The zero-order valence-corrected chi connectivity index (χ0v) is 18.3. The molecule has 0 radical (unpaired) electrons. The van der Waals surface area contributed by atoms with Crippen molar-refractivity contribution >= 4 is 17.3 Å². The number of halogens is 3. The van der Waals surface area contributed by atoms with E-state index in [2.05, 4.69) is 10.7 Å². The average molecular weight is 457 g/mol. The first-order valence-electron chi connectivity index (χ1n) is 11.1. The minimum atomic E-state index is -0.942. The van der Waals surface area contributed by atoms with Gasteiger partial charge >= 0.3 is 0 Å². The number of fused-ring (bicyclic) bond motifs is 1. The Hall–Kier alpha value is -3.13. The van der Waals surface area contributed by atoms with Crippen molar-refractivity contribution in [3.8, 4) is 0 Å². The van der Waals surface area contributed by atoms with Crippen molar-refractivity contribution in [2.75, 3.05) is 13.2 Å². The molecular weight excluding hydrogens is 431 g/mol. The van der Waals surface area contributed by atoms with Gasteiger partial charge in [-0.15, -0.1) is 0 Å². The number of hydrogen-bond donors (Lipinski definition) is 2. The summed E-state index contributed by atoms with van der Waals surface area (Å²) in [7, 11) is 0. The summed E-state index contributed by atoms with van der Waals surface area (Å²) in [6, 6.07) is 9.33. The van der Waals surface area contributed by atoms with Gasteiger partial charge in [-0.25, -0.2) is 18.6 Å². The quantitative estimate of drug-likeness (QED) is 0.624. The largest absolute Gasteiger partial charge is 0.344 e. The fraction of sp³-hybridized carbons (Fsp3) is 0.360. The standard InChI is InChI=1S/C25H26F3N3O2/c1-2-11-29-31-14-19-17(7-4-8-20(19)28)23(21(31)13-26)25(33)30-24(18-9-10-22(18)32)15-5-3-6-16(27)12-15/h3-8,12,18,24,29H,2,9-11,13-14H2,1H3,(H,30,33)/t18?,24-/m1/s1. The van der Waals surface area contributed by atoms with E-state index in [-0.39, 0.29) is 29.2 Å². The van der Waals surface area contributed by atoms with E-state index in [1.54, 1.807) is 12.1 Å². The second-order valence-corrected chi connectivity index (χ2v) is 8.33. The number of hydrazine groups is 1. The molecule has 2 atom stereocenters. The summed E-state index contributed by atoms with van der Waals surface area (Å²) in [6.45, 7) is 1.59. The van der Waals surface area contributed by atoms with Crippen LogP contribution in [0.2, 0.25) is 0 Å². The molecule has 33 heavy (non-hydrogen) atoms. The van der Waals surface area contributed by atoms with Crippen LogP contribution in [0.25, 0.3) is 5.57 Å². The van der Waals surface area contributed by atoms with Crippen molar-refractivity contribution in [1.29, 1.82) is 0 Å². The van der Waals surface area contributed by atoms with E-state index in [4.69, 9.17) is 0 Å². The van der Waals surface area contributed by atoms with Crippen LogP contribution >= 0.6 is 0 Å². The Morgan fingerprint density at radius 3 is 2.64 bits per heavy atom. The highest BCUT2D eigenvalue weighted by Gasteiger charge is 2.39. The smallest absolute Gasteiger partial charge is 0.254 e. The highest BCUT2D eigenvalue weighted by atomic mass is 19.1. The van der Waals surface area contributed by atoms with Gasteiger partial charge in [0.05, 0.1) is 23.9 Å². The Bertz CT molecular complexity index is 1100. The van der Waals surface area contributed by atoms with Crippen molar-refractivity contribution in [2.24, 2.45) is 5.92 Å². The number of alkyl halides is 1. The number of ketones is 1. The lowest BCUT2D eigenvalue weighted by Gasteiger charge is -2.36. The predicted molar refractivity (Wildman–Crippen MR) is 118 cm³/mol. The molecule has 2 aromatic rings. The number of rotatable bonds is 8. The van der Waals surface area contributed by atoms with Crippen molar-refractivity contribution in [1.82, 2.24) is 15.8 Å². The summed E-state index contributed by atoms with van der Waals surface area (Å²) >= 11 is 0. The van der Waals surface area contributed by atoms with Gasteiger partial charge in [-0.2, -0.15) is 0 Å². The number of hydrogen-bond acceptors (Lipinski definition) is 4. The van der Waals surface area contributed by atoms with E-state index in [0.717, 1.165) is 6.42 Å². The first kappa shape index (κ1) is 23.0. The molecule has 0 aromatic heterocycles. The Morgan fingerprint density at radius 1 is 1.21 bits per heavy atom.